The Balaban J connectivity index is 1.63. The molecular formula is C20H18N2O5. The monoisotopic (exact) mass is 366 g/mol. The van der Waals surface area contributed by atoms with E-state index in [1.165, 1.54) is 13.2 Å². The van der Waals surface area contributed by atoms with Crippen LogP contribution < -0.4 is 24.8 Å². The van der Waals surface area contributed by atoms with Gasteiger partial charge in [0, 0.05) is 16.8 Å². The fourth-order valence-electron chi connectivity index (χ4n) is 2.56. The van der Waals surface area contributed by atoms with E-state index in [0.29, 0.717) is 47.3 Å². The zero-order valence-electron chi connectivity index (χ0n) is 14.7. The lowest BCUT2D eigenvalue weighted by Crippen LogP contribution is -2.33. The number of carbonyl (C=O) groups is 2. The van der Waals surface area contributed by atoms with Crippen LogP contribution in [0.15, 0.2) is 36.4 Å². The maximum Gasteiger partial charge on any atom is 0.251 e. The van der Waals surface area contributed by atoms with Gasteiger partial charge in [0.25, 0.3) is 5.91 Å². The molecule has 7 heteroatoms. The fraction of sp³-hybridized carbons (Fsp3) is 0.200. The molecule has 7 nitrogen and oxygen atoms in total. The number of benzene rings is 2. The lowest BCUT2D eigenvalue weighted by Gasteiger charge is -2.21. The molecule has 0 aromatic heterocycles. The van der Waals surface area contributed by atoms with Gasteiger partial charge < -0.3 is 24.8 Å². The second-order valence-electron chi connectivity index (χ2n) is 5.66. The summed E-state index contributed by atoms with van der Waals surface area (Å²) in [4.78, 5) is 24.4. The normalized spacial score (nSPS) is 11.9. The van der Waals surface area contributed by atoms with Crippen LogP contribution in [0.5, 0.6) is 17.2 Å². The predicted octanol–water partition coefficient (Wildman–Crippen LogP) is 1.82. The summed E-state index contributed by atoms with van der Waals surface area (Å²) in [7, 11) is 1.48. The van der Waals surface area contributed by atoms with Gasteiger partial charge in [0.05, 0.1) is 13.7 Å². The highest BCUT2D eigenvalue weighted by molar-refractivity contribution is 6.00. The highest BCUT2D eigenvalue weighted by Gasteiger charge is 2.21. The van der Waals surface area contributed by atoms with E-state index < -0.39 is 5.91 Å². The standard InChI is InChI=1S/C20H18N2O5/c1-3-13-5-4-6-15(9-13)22-18(23)12-21-20(24)14-10-16(25-2)19-17(11-14)26-7-8-27-19/h1,4-6,9-11H,7-8,12H2,2H3,(H,21,24)(H,22,23). The van der Waals surface area contributed by atoms with Crippen LogP contribution in [-0.2, 0) is 4.79 Å². The van der Waals surface area contributed by atoms with Gasteiger partial charge in [0.1, 0.15) is 13.2 Å². The first kappa shape index (κ1) is 18.1. The van der Waals surface area contributed by atoms with Gasteiger partial charge in [-0.3, -0.25) is 9.59 Å². The summed E-state index contributed by atoms with van der Waals surface area (Å²) >= 11 is 0. The van der Waals surface area contributed by atoms with Crippen LogP contribution in [0.2, 0.25) is 0 Å². The zero-order valence-corrected chi connectivity index (χ0v) is 14.7. The van der Waals surface area contributed by atoms with Crippen LogP contribution in [-0.4, -0.2) is 38.7 Å². The van der Waals surface area contributed by atoms with Crippen LogP contribution in [0.1, 0.15) is 15.9 Å². The van der Waals surface area contributed by atoms with Crippen LogP contribution in [0, 0.1) is 12.3 Å². The van der Waals surface area contributed by atoms with Crippen molar-refractivity contribution in [1.29, 1.82) is 0 Å². The number of carbonyl (C=O) groups excluding carboxylic acids is 2. The van der Waals surface area contributed by atoms with Gasteiger partial charge in [-0.25, -0.2) is 0 Å². The lowest BCUT2D eigenvalue weighted by atomic mass is 10.1. The first-order valence-corrected chi connectivity index (χ1v) is 8.23. The van der Waals surface area contributed by atoms with Crippen LogP contribution in [0.3, 0.4) is 0 Å². The van der Waals surface area contributed by atoms with Crippen molar-refractivity contribution in [2.24, 2.45) is 0 Å². The van der Waals surface area contributed by atoms with E-state index in [0.717, 1.165) is 0 Å². The van der Waals surface area contributed by atoms with Crippen molar-refractivity contribution < 1.29 is 23.8 Å². The molecule has 2 N–H and O–H groups in total. The number of methoxy groups -OCH3 is 1. The number of terminal acetylenes is 1. The Morgan fingerprint density at radius 1 is 1.22 bits per heavy atom. The summed E-state index contributed by atoms with van der Waals surface area (Å²) in [5.41, 5.74) is 1.52. The van der Waals surface area contributed by atoms with Gasteiger partial charge >= 0.3 is 0 Å². The van der Waals surface area contributed by atoms with Crippen molar-refractivity contribution in [2.45, 2.75) is 0 Å². The number of rotatable bonds is 5. The summed E-state index contributed by atoms with van der Waals surface area (Å²) in [6.07, 6.45) is 5.34. The minimum absolute atomic E-state index is 0.199. The third-order valence-corrected chi connectivity index (χ3v) is 3.81. The number of anilines is 1. The van der Waals surface area contributed by atoms with E-state index in [9.17, 15) is 9.59 Å². The molecule has 3 rings (SSSR count). The molecule has 0 saturated carbocycles. The SMILES string of the molecule is C#Cc1cccc(NC(=O)CNC(=O)c2cc(OC)c3c(c2)OCCO3)c1. The molecule has 0 atom stereocenters. The minimum atomic E-state index is -0.433. The van der Waals surface area contributed by atoms with Gasteiger partial charge in [0.2, 0.25) is 11.7 Å². The molecule has 0 spiro atoms. The Morgan fingerprint density at radius 2 is 2.04 bits per heavy atom. The van der Waals surface area contributed by atoms with E-state index in [2.05, 4.69) is 16.6 Å². The molecule has 0 aliphatic carbocycles. The molecule has 2 amide bonds. The number of amides is 2. The van der Waals surface area contributed by atoms with E-state index in [1.807, 2.05) is 0 Å². The molecule has 2 aromatic carbocycles. The molecule has 1 heterocycles. The van der Waals surface area contributed by atoms with Gasteiger partial charge in [0.15, 0.2) is 11.5 Å². The maximum atomic E-state index is 12.4. The number of hydrogen-bond donors (Lipinski definition) is 2. The third-order valence-electron chi connectivity index (χ3n) is 3.81. The largest absolute Gasteiger partial charge is 0.493 e. The molecule has 1 aliphatic heterocycles. The molecule has 0 unspecified atom stereocenters. The summed E-state index contributed by atoms with van der Waals surface area (Å²) in [5, 5.41) is 5.24. The average Bonchev–Trinajstić information content (AvgIpc) is 2.71. The predicted molar refractivity (Wildman–Crippen MR) is 99.3 cm³/mol. The van der Waals surface area contributed by atoms with E-state index in [-0.39, 0.29) is 12.5 Å². The number of fused-ring (bicyclic) bond motifs is 1. The quantitative estimate of drug-likeness (QED) is 0.789. The topological polar surface area (TPSA) is 85.9 Å². The maximum absolute atomic E-state index is 12.4. The number of nitrogens with one attached hydrogen (secondary N) is 2. The Morgan fingerprint density at radius 3 is 2.81 bits per heavy atom. The van der Waals surface area contributed by atoms with Gasteiger partial charge in [-0.15, -0.1) is 6.42 Å². The van der Waals surface area contributed by atoms with Gasteiger partial charge in [-0.2, -0.15) is 0 Å². The molecular weight excluding hydrogens is 348 g/mol. The molecule has 1 aliphatic rings. The summed E-state index contributed by atoms with van der Waals surface area (Å²) in [5.74, 6) is 2.98. The Hall–Kier alpha value is -3.66. The molecule has 27 heavy (non-hydrogen) atoms. The number of hydrogen-bond acceptors (Lipinski definition) is 5. The molecule has 2 aromatic rings. The van der Waals surface area contributed by atoms with Crippen molar-refractivity contribution in [3.63, 3.8) is 0 Å². The van der Waals surface area contributed by atoms with Crippen molar-refractivity contribution >= 4 is 17.5 Å². The minimum Gasteiger partial charge on any atom is -0.493 e. The first-order valence-electron chi connectivity index (χ1n) is 8.23. The Labute approximate surface area is 156 Å². The lowest BCUT2D eigenvalue weighted by molar-refractivity contribution is -0.115. The van der Waals surface area contributed by atoms with Crippen LogP contribution >= 0.6 is 0 Å². The van der Waals surface area contributed by atoms with E-state index in [4.69, 9.17) is 20.6 Å². The molecule has 0 saturated heterocycles. The molecule has 0 fully saturated rings. The summed E-state index contributed by atoms with van der Waals surface area (Å²) in [6, 6.07) is 9.98. The van der Waals surface area contributed by atoms with E-state index >= 15 is 0 Å². The van der Waals surface area contributed by atoms with Crippen molar-refractivity contribution in [3.05, 3.63) is 47.5 Å². The second-order valence-corrected chi connectivity index (χ2v) is 5.66. The zero-order chi connectivity index (χ0) is 19.2. The molecule has 138 valence electrons. The summed E-state index contributed by atoms with van der Waals surface area (Å²) in [6.45, 7) is 0.603. The van der Waals surface area contributed by atoms with Crippen LogP contribution in [0.25, 0.3) is 0 Å². The third kappa shape index (κ3) is 4.30. The smallest absolute Gasteiger partial charge is 0.251 e. The van der Waals surface area contributed by atoms with Crippen molar-refractivity contribution in [2.75, 3.05) is 32.2 Å². The first-order chi connectivity index (χ1) is 13.1. The Bertz CT molecular complexity index is 900. The van der Waals surface area contributed by atoms with E-state index in [1.54, 1.807) is 30.3 Å². The van der Waals surface area contributed by atoms with Crippen molar-refractivity contribution in [3.8, 4) is 29.6 Å². The number of ether oxygens (including phenoxy) is 3. The molecule has 0 bridgehead atoms. The average molecular weight is 366 g/mol. The van der Waals surface area contributed by atoms with Crippen LogP contribution in [0.4, 0.5) is 5.69 Å². The Kier molecular flexibility index (Phi) is 5.47. The highest BCUT2D eigenvalue weighted by Crippen LogP contribution is 2.40. The summed E-state index contributed by atoms with van der Waals surface area (Å²) < 4.78 is 16.3. The van der Waals surface area contributed by atoms with Crippen molar-refractivity contribution in [1.82, 2.24) is 5.32 Å². The van der Waals surface area contributed by atoms with Gasteiger partial charge in [-0.1, -0.05) is 12.0 Å². The molecule has 0 radical (unpaired) electrons. The highest BCUT2D eigenvalue weighted by atomic mass is 16.6. The van der Waals surface area contributed by atoms with Gasteiger partial charge in [-0.05, 0) is 30.3 Å². The second kappa shape index (κ2) is 8.15. The fourth-order valence-corrected chi connectivity index (χ4v) is 2.56.